The van der Waals surface area contributed by atoms with Gasteiger partial charge in [-0.25, -0.2) is 4.39 Å². The summed E-state index contributed by atoms with van der Waals surface area (Å²) < 4.78 is 11.8. The first kappa shape index (κ1) is 13.9. The van der Waals surface area contributed by atoms with E-state index in [0.717, 1.165) is 19.5 Å². The summed E-state index contributed by atoms with van der Waals surface area (Å²) in [5.74, 6) is 0. The zero-order chi connectivity index (χ0) is 11.8. The fourth-order valence-electron chi connectivity index (χ4n) is 2.29. The van der Waals surface area contributed by atoms with Crippen LogP contribution in [0.3, 0.4) is 0 Å². The molecule has 4 heteroatoms. The maximum Gasteiger partial charge on any atom is 0.140 e. The molecule has 0 spiro atoms. The van der Waals surface area contributed by atoms with Gasteiger partial charge in [0.15, 0.2) is 0 Å². The maximum atomic E-state index is 11.8. The second-order valence-corrected chi connectivity index (χ2v) is 4.92. The van der Waals surface area contributed by atoms with Crippen LogP contribution < -0.4 is 10.6 Å². The zero-order valence-electron chi connectivity index (χ0n) is 10.6. The molecule has 1 saturated heterocycles. The van der Waals surface area contributed by atoms with Crippen molar-refractivity contribution in [3.05, 3.63) is 0 Å². The summed E-state index contributed by atoms with van der Waals surface area (Å²) in [6.45, 7) is 8.26. The Morgan fingerprint density at radius 2 is 2.00 bits per heavy atom. The molecule has 1 aliphatic rings. The molecular formula is C12H26FN3. The number of halogens is 1. The Labute approximate surface area is 98.8 Å². The fourth-order valence-corrected chi connectivity index (χ4v) is 2.29. The topological polar surface area (TPSA) is 27.3 Å². The highest BCUT2D eigenvalue weighted by Gasteiger charge is 2.18. The molecule has 0 aromatic heterocycles. The van der Waals surface area contributed by atoms with Crippen molar-refractivity contribution in [3.63, 3.8) is 0 Å². The molecule has 0 aromatic carbocycles. The Bertz CT molecular complexity index is 168. The molecule has 0 radical (unpaired) electrons. The molecule has 3 nitrogen and oxygen atoms in total. The van der Waals surface area contributed by atoms with E-state index in [9.17, 15) is 4.39 Å². The molecule has 0 aliphatic carbocycles. The largest absolute Gasteiger partial charge is 0.312 e. The molecule has 0 atom stereocenters. The second-order valence-electron chi connectivity index (χ2n) is 4.92. The molecule has 16 heavy (non-hydrogen) atoms. The Morgan fingerprint density at radius 1 is 1.31 bits per heavy atom. The van der Waals surface area contributed by atoms with Crippen molar-refractivity contribution in [2.24, 2.45) is 0 Å². The molecule has 1 aliphatic heterocycles. The highest BCUT2D eigenvalue weighted by atomic mass is 19.1. The number of likely N-dealkylation sites (tertiary alicyclic amines) is 1. The summed E-state index contributed by atoms with van der Waals surface area (Å²) >= 11 is 0. The lowest BCUT2D eigenvalue weighted by atomic mass is 10.0. The fraction of sp³-hybridized carbons (Fsp3) is 1.00. The molecule has 0 unspecified atom stereocenters. The predicted octanol–water partition coefficient (Wildman–Crippen LogP) is 1.36. The third kappa shape index (κ3) is 5.77. The van der Waals surface area contributed by atoms with Gasteiger partial charge in [0.25, 0.3) is 0 Å². The number of alkyl halides is 1. The Hall–Kier alpha value is -0.190. The average Bonchev–Trinajstić information content (AvgIpc) is 2.26. The van der Waals surface area contributed by atoms with E-state index in [0.29, 0.717) is 12.1 Å². The van der Waals surface area contributed by atoms with Gasteiger partial charge in [0.2, 0.25) is 0 Å². The number of nitrogens with zero attached hydrogens (tertiary/aromatic N) is 1. The van der Waals surface area contributed by atoms with E-state index < -0.39 is 6.80 Å². The van der Waals surface area contributed by atoms with Crippen molar-refractivity contribution in [2.45, 2.75) is 45.2 Å². The van der Waals surface area contributed by atoms with Crippen LogP contribution in [0, 0.1) is 0 Å². The molecule has 1 heterocycles. The smallest absolute Gasteiger partial charge is 0.140 e. The van der Waals surface area contributed by atoms with Crippen molar-refractivity contribution < 1.29 is 4.39 Å². The van der Waals surface area contributed by atoms with Crippen LogP contribution in [0.25, 0.3) is 0 Å². The summed E-state index contributed by atoms with van der Waals surface area (Å²) in [5.41, 5.74) is 0. The predicted molar refractivity (Wildman–Crippen MR) is 66.3 cm³/mol. The van der Waals surface area contributed by atoms with Crippen LogP contribution in [0.1, 0.15) is 33.1 Å². The first-order valence-electron chi connectivity index (χ1n) is 6.47. The lowest BCUT2D eigenvalue weighted by molar-refractivity contribution is 0.190. The number of hydrogen-bond donors (Lipinski definition) is 2. The molecule has 0 bridgehead atoms. The second kappa shape index (κ2) is 7.98. The number of piperidine rings is 1. The third-order valence-corrected chi connectivity index (χ3v) is 3.08. The minimum atomic E-state index is -0.402. The molecule has 0 aromatic rings. The highest BCUT2D eigenvalue weighted by molar-refractivity contribution is 4.78. The van der Waals surface area contributed by atoms with Crippen molar-refractivity contribution in [3.8, 4) is 0 Å². The van der Waals surface area contributed by atoms with Crippen LogP contribution in [-0.4, -0.2) is 50.0 Å². The van der Waals surface area contributed by atoms with Gasteiger partial charge < -0.3 is 10.2 Å². The van der Waals surface area contributed by atoms with Gasteiger partial charge in [-0.1, -0.05) is 13.8 Å². The van der Waals surface area contributed by atoms with E-state index in [1.165, 1.54) is 25.9 Å². The van der Waals surface area contributed by atoms with Gasteiger partial charge in [-0.15, -0.1) is 0 Å². The van der Waals surface area contributed by atoms with Crippen LogP contribution in [-0.2, 0) is 0 Å². The SMILES string of the molecule is CC(C)NC1CCN(CCCNCF)CC1. The van der Waals surface area contributed by atoms with Crippen LogP contribution >= 0.6 is 0 Å². The van der Waals surface area contributed by atoms with Crippen LogP contribution in [0.5, 0.6) is 0 Å². The minimum absolute atomic E-state index is 0.402. The number of nitrogens with one attached hydrogen (secondary N) is 2. The molecule has 1 fully saturated rings. The van der Waals surface area contributed by atoms with E-state index >= 15 is 0 Å². The van der Waals surface area contributed by atoms with Gasteiger partial charge >= 0.3 is 0 Å². The van der Waals surface area contributed by atoms with Gasteiger partial charge in [0.05, 0.1) is 0 Å². The highest BCUT2D eigenvalue weighted by Crippen LogP contribution is 2.10. The van der Waals surface area contributed by atoms with E-state index in [1.807, 2.05) is 0 Å². The van der Waals surface area contributed by atoms with Crippen molar-refractivity contribution in [2.75, 3.05) is 33.0 Å². The van der Waals surface area contributed by atoms with Gasteiger partial charge in [-0.3, -0.25) is 5.32 Å². The van der Waals surface area contributed by atoms with E-state index in [1.54, 1.807) is 0 Å². The monoisotopic (exact) mass is 231 g/mol. The number of hydrogen-bond acceptors (Lipinski definition) is 3. The summed E-state index contributed by atoms with van der Waals surface area (Å²) in [6.07, 6.45) is 3.54. The lowest BCUT2D eigenvalue weighted by Gasteiger charge is -2.33. The Kier molecular flexibility index (Phi) is 6.92. The van der Waals surface area contributed by atoms with Crippen molar-refractivity contribution in [1.29, 1.82) is 0 Å². The molecule has 1 rings (SSSR count). The minimum Gasteiger partial charge on any atom is -0.312 e. The molecular weight excluding hydrogens is 205 g/mol. The first-order valence-corrected chi connectivity index (χ1v) is 6.47. The Morgan fingerprint density at radius 3 is 2.56 bits per heavy atom. The standard InChI is InChI=1S/C12H26FN3/c1-11(2)15-12-4-8-16(9-5-12)7-3-6-14-10-13/h11-12,14-15H,3-10H2,1-2H3. The van der Waals surface area contributed by atoms with Crippen molar-refractivity contribution in [1.82, 2.24) is 15.5 Å². The van der Waals surface area contributed by atoms with Gasteiger partial charge in [0.1, 0.15) is 6.80 Å². The van der Waals surface area contributed by atoms with E-state index in [-0.39, 0.29) is 0 Å². The van der Waals surface area contributed by atoms with Crippen LogP contribution in [0.15, 0.2) is 0 Å². The van der Waals surface area contributed by atoms with E-state index in [4.69, 9.17) is 0 Å². The van der Waals surface area contributed by atoms with Gasteiger partial charge in [0, 0.05) is 12.1 Å². The van der Waals surface area contributed by atoms with Crippen LogP contribution in [0.4, 0.5) is 4.39 Å². The van der Waals surface area contributed by atoms with Crippen molar-refractivity contribution >= 4 is 0 Å². The normalized spacial score (nSPS) is 19.5. The summed E-state index contributed by atoms with van der Waals surface area (Å²) in [7, 11) is 0. The molecule has 96 valence electrons. The quantitative estimate of drug-likeness (QED) is 0.512. The average molecular weight is 231 g/mol. The van der Waals surface area contributed by atoms with Gasteiger partial charge in [-0.05, 0) is 45.4 Å². The van der Waals surface area contributed by atoms with Gasteiger partial charge in [-0.2, -0.15) is 0 Å². The maximum absolute atomic E-state index is 11.8. The molecule has 0 saturated carbocycles. The molecule has 2 N–H and O–H groups in total. The van der Waals surface area contributed by atoms with Crippen LogP contribution in [0.2, 0.25) is 0 Å². The molecule has 0 amide bonds. The summed E-state index contributed by atoms with van der Waals surface area (Å²) in [5, 5.41) is 6.31. The lowest BCUT2D eigenvalue weighted by Crippen LogP contribution is -2.45. The van der Waals surface area contributed by atoms with E-state index in [2.05, 4.69) is 29.4 Å². The Balaban J connectivity index is 2.03. The summed E-state index contributed by atoms with van der Waals surface area (Å²) in [4.78, 5) is 2.48. The zero-order valence-corrected chi connectivity index (χ0v) is 10.6. The first-order chi connectivity index (χ1) is 7.72. The number of rotatable bonds is 7. The third-order valence-electron chi connectivity index (χ3n) is 3.08. The summed E-state index contributed by atoms with van der Waals surface area (Å²) in [6, 6.07) is 1.28.